The highest BCUT2D eigenvalue weighted by Gasteiger charge is 2.20. The Morgan fingerprint density at radius 3 is 2.62 bits per heavy atom. The highest BCUT2D eigenvalue weighted by molar-refractivity contribution is 5.60. The average molecular weight is 468 g/mol. The second-order valence-corrected chi connectivity index (χ2v) is 9.26. The third-order valence-corrected chi connectivity index (χ3v) is 6.20. The van der Waals surface area contributed by atoms with Crippen LogP contribution in [0.2, 0.25) is 0 Å². The number of hydrogen-bond donors (Lipinski definition) is 1. The summed E-state index contributed by atoms with van der Waals surface area (Å²) in [5.74, 6) is 1.40. The maximum Gasteiger partial charge on any atom is 0.336 e. The predicted octanol–water partition coefficient (Wildman–Crippen LogP) is 1.86. The normalized spacial score (nSPS) is 14.9. The molecule has 34 heavy (non-hydrogen) atoms. The SMILES string of the molecule is CCCCOc1nc(N)c2ncc(Cc3cnc(N4CCN(CCN(C)C)CC4)c(C)c3)n2n1. The Bertz CT molecular complexity index is 1090. The van der Waals surface area contributed by atoms with Gasteiger partial charge in [0.2, 0.25) is 0 Å². The number of likely N-dealkylation sites (N-methyl/N-ethyl adjacent to an activating group) is 1. The molecule has 1 fully saturated rings. The Balaban J connectivity index is 1.43. The lowest BCUT2D eigenvalue weighted by atomic mass is 10.1. The van der Waals surface area contributed by atoms with E-state index in [0.717, 1.165) is 69.2 Å². The first-order valence-electron chi connectivity index (χ1n) is 12.1. The Hall–Kier alpha value is -2.98. The molecule has 1 saturated heterocycles. The van der Waals surface area contributed by atoms with Gasteiger partial charge in [0.05, 0.1) is 18.5 Å². The number of imidazole rings is 1. The number of rotatable bonds is 10. The summed E-state index contributed by atoms with van der Waals surface area (Å²) >= 11 is 0. The van der Waals surface area contributed by atoms with Crippen LogP contribution in [0.25, 0.3) is 5.65 Å². The van der Waals surface area contributed by atoms with Gasteiger partial charge >= 0.3 is 6.01 Å². The molecule has 0 radical (unpaired) electrons. The van der Waals surface area contributed by atoms with Crippen LogP contribution >= 0.6 is 0 Å². The van der Waals surface area contributed by atoms with Crippen molar-refractivity contribution in [1.82, 2.24) is 34.4 Å². The van der Waals surface area contributed by atoms with E-state index < -0.39 is 0 Å². The van der Waals surface area contributed by atoms with Crippen LogP contribution < -0.4 is 15.4 Å². The number of nitrogen functional groups attached to an aromatic ring is 1. The lowest BCUT2D eigenvalue weighted by molar-refractivity contribution is 0.229. The Kier molecular flexibility index (Phi) is 7.79. The molecule has 2 N–H and O–H groups in total. The number of nitrogens with zero attached hydrogens (tertiary/aromatic N) is 8. The Labute approximate surface area is 201 Å². The Morgan fingerprint density at radius 2 is 1.91 bits per heavy atom. The van der Waals surface area contributed by atoms with E-state index >= 15 is 0 Å². The minimum Gasteiger partial charge on any atom is -0.462 e. The first-order valence-corrected chi connectivity index (χ1v) is 12.1. The van der Waals surface area contributed by atoms with E-state index in [0.29, 0.717) is 24.5 Å². The monoisotopic (exact) mass is 467 g/mol. The van der Waals surface area contributed by atoms with Gasteiger partial charge in [0, 0.05) is 51.9 Å². The van der Waals surface area contributed by atoms with Crippen LogP contribution in [0.3, 0.4) is 0 Å². The third-order valence-electron chi connectivity index (χ3n) is 6.20. The fourth-order valence-electron chi connectivity index (χ4n) is 4.21. The second-order valence-electron chi connectivity index (χ2n) is 9.26. The highest BCUT2D eigenvalue weighted by Crippen LogP contribution is 2.22. The van der Waals surface area contributed by atoms with Crippen molar-refractivity contribution in [2.75, 3.05) is 70.6 Å². The number of aromatic nitrogens is 5. The zero-order chi connectivity index (χ0) is 24.1. The van der Waals surface area contributed by atoms with Crippen LogP contribution in [0.1, 0.15) is 36.6 Å². The summed E-state index contributed by atoms with van der Waals surface area (Å²) in [5, 5.41) is 4.51. The molecule has 1 aliphatic rings. The fourth-order valence-corrected chi connectivity index (χ4v) is 4.21. The van der Waals surface area contributed by atoms with Gasteiger partial charge in [-0.1, -0.05) is 19.4 Å². The van der Waals surface area contributed by atoms with Crippen LogP contribution in [-0.4, -0.2) is 94.3 Å². The van der Waals surface area contributed by atoms with Crippen LogP contribution in [-0.2, 0) is 6.42 Å². The van der Waals surface area contributed by atoms with E-state index in [2.05, 4.69) is 63.8 Å². The molecule has 10 heteroatoms. The largest absolute Gasteiger partial charge is 0.462 e. The highest BCUT2D eigenvalue weighted by atomic mass is 16.5. The predicted molar refractivity (Wildman–Crippen MR) is 135 cm³/mol. The topological polar surface area (TPSA) is 101 Å². The van der Waals surface area contributed by atoms with Crippen LogP contribution in [0.4, 0.5) is 11.6 Å². The van der Waals surface area contributed by atoms with Gasteiger partial charge < -0.3 is 20.3 Å². The molecule has 1 aliphatic heterocycles. The van der Waals surface area contributed by atoms with Crippen LogP contribution in [0, 0.1) is 6.92 Å². The average Bonchev–Trinajstić information content (AvgIpc) is 3.21. The molecule has 0 unspecified atom stereocenters. The number of nitrogens with two attached hydrogens (primary N) is 1. The molecule has 4 rings (SSSR count). The van der Waals surface area contributed by atoms with Crippen molar-refractivity contribution in [2.24, 2.45) is 0 Å². The maximum atomic E-state index is 6.10. The molecule has 10 nitrogen and oxygen atoms in total. The van der Waals surface area contributed by atoms with Crippen LogP contribution in [0.15, 0.2) is 18.5 Å². The maximum absolute atomic E-state index is 6.10. The molecular formula is C24H37N9O. The minimum atomic E-state index is 0.284. The summed E-state index contributed by atoms with van der Waals surface area (Å²) in [6, 6.07) is 2.50. The number of unbranched alkanes of at least 4 members (excludes halogenated alkanes) is 1. The summed E-state index contributed by atoms with van der Waals surface area (Å²) < 4.78 is 7.41. The first-order chi connectivity index (χ1) is 16.4. The number of fused-ring (bicyclic) bond motifs is 1. The molecule has 184 valence electrons. The van der Waals surface area contributed by atoms with Crippen LogP contribution in [0.5, 0.6) is 6.01 Å². The van der Waals surface area contributed by atoms with Crippen molar-refractivity contribution in [3.63, 3.8) is 0 Å². The van der Waals surface area contributed by atoms with Crippen molar-refractivity contribution in [3.8, 4) is 6.01 Å². The second kappa shape index (κ2) is 11.0. The van der Waals surface area contributed by atoms with Gasteiger partial charge in [-0.15, -0.1) is 5.10 Å². The number of anilines is 2. The molecule has 3 aromatic rings. The van der Waals surface area contributed by atoms with E-state index in [1.807, 2.05) is 6.20 Å². The van der Waals surface area contributed by atoms with Gasteiger partial charge in [-0.3, -0.25) is 4.90 Å². The number of piperazine rings is 1. The van der Waals surface area contributed by atoms with E-state index in [1.54, 1.807) is 10.7 Å². The lowest BCUT2D eigenvalue weighted by Crippen LogP contribution is -2.48. The van der Waals surface area contributed by atoms with Crippen molar-refractivity contribution >= 4 is 17.3 Å². The van der Waals surface area contributed by atoms with Gasteiger partial charge in [0.25, 0.3) is 0 Å². The molecule has 0 spiro atoms. The fraction of sp³-hybridized carbons (Fsp3) is 0.583. The Morgan fingerprint density at radius 1 is 1.12 bits per heavy atom. The molecule has 0 aliphatic carbocycles. The van der Waals surface area contributed by atoms with Gasteiger partial charge in [-0.05, 0) is 38.6 Å². The molecule has 4 heterocycles. The molecule has 0 atom stereocenters. The van der Waals surface area contributed by atoms with E-state index in [-0.39, 0.29) is 6.01 Å². The number of pyridine rings is 1. The minimum absolute atomic E-state index is 0.284. The lowest BCUT2D eigenvalue weighted by Gasteiger charge is -2.36. The zero-order valence-corrected chi connectivity index (χ0v) is 20.9. The van der Waals surface area contributed by atoms with Crippen molar-refractivity contribution in [1.29, 1.82) is 0 Å². The molecule has 3 aromatic heterocycles. The van der Waals surface area contributed by atoms with Crippen molar-refractivity contribution < 1.29 is 4.74 Å². The summed E-state index contributed by atoms with van der Waals surface area (Å²) in [7, 11) is 4.25. The van der Waals surface area contributed by atoms with E-state index in [9.17, 15) is 0 Å². The van der Waals surface area contributed by atoms with E-state index in [4.69, 9.17) is 15.5 Å². The van der Waals surface area contributed by atoms with Crippen molar-refractivity contribution in [2.45, 2.75) is 33.1 Å². The number of hydrogen-bond acceptors (Lipinski definition) is 9. The smallest absolute Gasteiger partial charge is 0.336 e. The molecule has 0 amide bonds. The summed E-state index contributed by atoms with van der Waals surface area (Å²) in [6.45, 7) is 11.2. The standard InChI is InChI=1S/C24H37N9O/c1-5-6-13-34-24-28-21(25)23-27-17-20(33(23)29-24)15-19-14-18(2)22(26-16-19)32-11-9-31(10-12-32)8-7-30(3)4/h14,16-17H,5-13,15H2,1-4H3,(H2,25,28,29). The first kappa shape index (κ1) is 24.2. The molecule has 0 saturated carbocycles. The third kappa shape index (κ3) is 5.74. The summed E-state index contributed by atoms with van der Waals surface area (Å²) in [6.07, 6.45) is 6.40. The summed E-state index contributed by atoms with van der Waals surface area (Å²) in [4.78, 5) is 20.6. The van der Waals surface area contributed by atoms with Gasteiger partial charge in [-0.25, -0.2) is 14.5 Å². The van der Waals surface area contributed by atoms with Gasteiger partial charge in [0.15, 0.2) is 11.5 Å². The van der Waals surface area contributed by atoms with E-state index in [1.165, 1.54) is 5.56 Å². The summed E-state index contributed by atoms with van der Waals surface area (Å²) in [5.41, 5.74) is 9.87. The quantitative estimate of drug-likeness (QED) is 0.448. The number of ether oxygens (including phenoxy) is 1. The van der Waals surface area contributed by atoms with Gasteiger partial charge in [-0.2, -0.15) is 4.98 Å². The molecular weight excluding hydrogens is 430 g/mol. The number of aryl methyl sites for hydroxylation is 1. The zero-order valence-electron chi connectivity index (χ0n) is 20.9. The van der Waals surface area contributed by atoms with Gasteiger partial charge in [0.1, 0.15) is 5.82 Å². The van der Waals surface area contributed by atoms with Crippen molar-refractivity contribution in [3.05, 3.63) is 35.3 Å². The molecule has 0 aromatic carbocycles. The molecule has 0 bridgehead atoms.